The summed E-state index contributed by atoms with van der Waals surface area (Å²) in [6.07, 6.45) is 5.35. The molecule has 6 heteroatoms. The Balaban J connectivity index is 2.11. The maximum absolute atomic E-state index is 12.5. The normalized spacial score (nSPS) is 16.2. The first kappa shape index (κ1) is 12.8. The molecule has 0 fully saturated rings. The number of hydrogen-bond acceptors (Lipinski definition) is 2. The highest BCUT2D eigenvalue weighted by atomic mass is 35.5. The Kier molecular flexibility index (Phi) is 3.68. The Bertz CT molecular complexity index is 404. The second-order valence-corrected chi connectivity index (χ2v) is 5.68. The fourth-order valence-corrected chi connectivity index (χ4v) is 3.11. The quantitative estimate of drug-likeness (QED) is 0.648. The highest BCUT2D eigenvalue weighted by Crippen LogP contribution is 2.33. The van der Waals surface area contributed by atoms with E-state index in [1.165, 1.54) is 28.2 Å². The zero-order valence-corrected chi connectivity index (χ0v) is 10.6. The van der Waals surface area contributed by atoms with Crippen LogP contribution < -0.4 is 5.32 Å². The van der Waals surface area contributed by atoms with Crippen LogP contribution >= 0.6 is 22.9 Å². The highest BCUT2D eigenvalue weighted by Gasteiger charge is 2.36. The van der Waals surface area contributed by atoms with Crippen molar-refractivity contribution in [3.63, 3.8) is 0 Å². The van der Waals surface area contributed by atoms with E-state index in [1.54, 1.807) is 6.07 Å². The summed E-state index contributed by atoms with van der Waals surface area (Å²) in [7, 11) is 0. The van der Waals surface area contributed by atoms with Crippen LogP contribution in [0.1, 0.15) is 29.7 Å². The lowest BCUT2D eigenvalue weighted by Crippen LogP contribution is -2.28. The van der Waals surface area contributed by atoms with Crippen molar-refractivity contribution in [2.75, 3.05) is 5.32 Å². The molecule has 1 aromatic heterocycles. The molecule has 0 unspecified atom stereocenters. The molecule has 1 heterocycles. The van der Waals surface area contributed by atoms with E-state index in [2.05, 4.69) is 16.9 Å². The standard InChI is InChI=1S/C11H12ClF2NOS/c12-11(13,14)10(16)15-9-6-7-4-2-1-3-5-8(7)17-9/h6H,1-5H2,(H,15,16). The molecule has 1 aliphatic rings. The Morgan fingerprint density at radius 2 is 2.06 bits per heavy atom. The molecule has 1 N–H and O–H groups in total. The van der Waals surface area contributed by atoms with E-state index in [-0.39, 0.29) is 0 Å². The Morgan fingerprint density at radius 3 is 2.76 bits per heavy atom. The van der Waals surface area contributed by atoms with Crippen LogP contribution in [-0.2, 0) is 17.6 Å². The van der Waals surface area contributed by atoms with Gasteiger partial charge in [-0.1, -0.05) is 6.42 Å². The largest absolute Gasteiger partial charge is 0.400 e. The van der Waals surface area contributed by atoms with Gasteiger partial charge in [0, 0.05) is 4.88 Å². The van der Waals surface area contributed by atoms with Crippen LogP contribution in [0.5, 0.6) is 0 Å². The number of nitrogens with one attached hydrogen (secondary N) is 1. The molecule has 0 saturated carbocycles. The van der Waals surface area contributed by atoms with Crippen LogP contribution in [0, 0.1) is 0 Å². The van der Waals surface area contributed by atoms with Crippen LogP contribution in [0.25, 0.3) is 0 Å². The summed E-state index contributed by atoms with van der Waals surface area (Å²) in [4.78, 5) is 12.2. The maximum Gasteiger partial charge on any atom is 0.400 e. The molecule has 0 aromatic carbocycles. The van der Waals surface area contributed by atoms with Gasteiger partial charge in [0.05, 0.1) is 5.00 Å². The van der Waals surface area contributed by atoms with Gasteiger partial charge in [-0.05, 0) is 48.9 Å². The van der Waals surface area contributed by atoms with Crippen molar-refractivity contribution < 1.29 is 13.6 Å². The second kappa shape index (κ2) is 4.90. The number of thiophene rings is 1. The zero-order valence-electron chi connectivity index (χ0n) is 9.06. The van der Waals surface area contributed by atoms with Gasteiger partial charge < -0.3 is 5.32 Å². The number of amides is 1. The highest BCUT2D eigenvalue weighted by molar-refractivity contribution is 7.16. The Labute approximate surface area is 107 Å². The minimum absolute atomic E-state index is 0.460. The molecule has 2 nitrogen and oxygen atoms in total. The molecule has 1 aliphatic carbocycles. The van der Waals surface area contributed by atoms with E-state index in [9.17, 15) is 13.6 Å². The number of carbonyl (C=O) groups is 1. The fraction of sp³-hybridized carbons (Fsp3) is 0.545. The molecule has 0 radical (unpaired) electrons. The third-order valence-corrected chi connectivity index (χ3v) is 4.06. The molecule has 1 aromatic rings. The van der Waals surface area contributed by atoms with E-state index >= 15 is 0 Å². The van der Waals surface area contributed by atoms with E-state index in [0.717, 1.165) is 25.7 Å². The van der Waals surface area contributed by atoms with Crippen molar-refractivity contribution in [2.24, 2.45) is 0 Å². The molecule has 0 atom stereocenters. The molecule has 0 bridgehead atoms. The second-order valence-electron chi connectivity index (χ2n) is 4.07. The zero-order chi connectivity index (χ0) is 12.5. The number of halogens is 3. The van der Waals surface area contributed by atoms with Gasteiger partial charge >= 0.3 is 11.3 Å². The summed E-state index contributed by atoms with van der Waals surface area (Å²) in [5.41, 5.74) is 1.17. The van der Waals surface area contributed by atoms with Crippen molar-refractivity contribution in [2.45, 2.75) is 37.5 Å². The third kappa shape index (κ3) is 3.16. The summed E-state index contributed by atoms with van der Waals surface area (Å²) in [6.45, 7) is 0. The first-order chi connectivity index (χ1) is 7.97. The SMILES string of the molecule is O=C(Nc1cc2c(s1)CCCCC2)C(F)(F)Cl. The minimum atomic E-state index is -3.85. The van der Waals surface area contributed by atoms with Gasteiger partial charge in [-0.25, -0.2) is 0 Å². The maximum atomic E-state index is 12.5. The number of carbonyl (C=O) groups excluding carboxylic acids is 1. The molecular formula is C11H12ClF2NOS. The first-order valence-electron chi connectivity index (χ1n) is 5.46. The average molecular weight is 280 g/mol. The lowest BCUT2D eigenvalue weighted by Gasteiger charge is -2.06. The van der Waals surface area contributed by atoms with Gasteiger partial charge in [0.25, 0.3) is 0 Å². The summed E-state index contributed by atoms with van der Waals surface area (Å²) in [6, 6.07) is 1.78. The van der Waals surface area contributed by atoms with Crippen molar-refractivity contribution in [3.8, 4) is 0 Å². The van der Waals surface area contributed by atoms with Gasteiger partial charge in [0.2, 0.25) is 0 Å². The summed E-state index contributed by atoms with van der Waals surface area (Å²) >= 11 is 6.01. The fourth-order valence-electron chi connectivity index (χ4n) is 1.91. The monoisotopic (exact) mass is 279 g/mol. The van der Waals surface area contributed by atoms with E-state index in [1.807, 2.05) is 0 Å². The lowest BCUT2D eigenvalue weighted by atomic mass is 10.1. The topological polar surface area (TPSA) is 29.1 Å². The average Bonchev–Trinajstić information content (AvgIpc) is 2.47. The number of anilines is 1. The summed E-state index contributed by atoms with van der Waals surface area (Å²) < 4.78 is 25.0. The van der Waals surface area contributed by atoms with Crippen LogP contribution in [0.3, 0.4) is 0 Å². The smallest absolute Gasteiger partial charge is 0.311 e. The van der Waals surface area contributed by atoms with Crippen LogP contribution in [0.15, 0.2) is 6.07 Å². The summed E-state index contributed by atoms with van der Waals surface area (Å²) in [5.74, 6) is -1.46. The molecule has 17 heavy (non-hydrogen) atoms. The van der Waals surface area contributed by atoms with Gasteiger partial charge in [-0.15, -0.1) is 11.3 Å². The van der Waals surface area contributed by atoms with E-state index < -0.39 is 11.3 Å². The van der Waals surface area contributed by atoms with E-state index in [0.29, 0.717) is 5.00 Å². The number of alkyl halides is 3. The van der Waals surface area contributed by atoms with Crippen molar-refractivity contribution in [1.82, 2.24) is 0 Å². The van der Waals surface area contributed by atoms with Crippen molar-refractivity contribution >= 4 is 33.8 Å². The van der Waals surface area contributed by atoms with Crippen LogP contribution in [0.2, 0.25) is 0 Å². The van der Waals surface area contributed by atoms with Gasteiger partial charge in [-0.2, -0.15) is 8.78 Å². The van der Waals surface area contributed by atoms with E-state index in [4.69, 9.17) is 0 Å². The number of aryl methyl sites for hydroxylation is 2. The van der Waals surface area contributed by atoms with Crippen molar-refractivity contribution in [3.05, 3.63) is 16.5 Å². The molecule has 0 saturated heterocycles. The molecule has 1 amide bonds. The van der Waals surface area contributed by atoms with Crippen molar-refractivity contribution in [1.29, 1.82) is 0 Å². The Hall–Kier alpha value is -0.680. The Morgan fingerprint density at radius 1 is 1.35 bits per heavy atom. The molecule has 2 rings (SSSR count). The molecule has 0 spiro atoms. The summed E-state index contributed by atoms with van der Waals surface area (Å²) in [5, 5.41) is -1.23. The molecule has 94 valence electrons. The van der Waals surface area contributed by atoms with Crippen LogP contribution in [-0.4, -0.2) is 11.3 Å². The minimum Gasteiger partial charge on any atom is -0.311 e. The van der Waals surface area contributed by atoms with Gasteiger partial charge in [-0.3, -0.25) is 4.79 Å². The molecule has 0 aliphatic heterocycles. The van der Waals surface area contributed by atoms with Gasteiger partial charge in [0.15, 0.2) is 0 Å². The van der Waals surface area contributed by atoms with Crippen LogP contribution in [0.4, 0.5) is 13.8 Å². The predicted molar refractivity (Wildman–Crippen MR) is 65.0 cm³/mol. The number of fused-ring (bicyclic) bond motifs is 1. The molecular weight excluding hydrogens is 268 g/mol. The lowest BCUT2D eigenvalue weighted by molar-refractivity contribution is -0.130. The van der Waals surface area contributed by atoms with Gasteiger partial charge in [0.1, 0.15) is 0 Å². The number of rotatable bonds is 2. The number of hydrogen-bond donors (Lipinski definition) is 1. The predicted octanol–water partition coefficient (Wildman–Crippen LogP) is 3.79. The first-order valence-corrected chi connectivity index (χ1v) is 6.66. The third-order valence-electron chi connectivity index (χ3n) is 2.74.